The molecule has 3 aliphatic rings. The highest BCUT2D eigenvalue weighted by atomic mass is 16.5. The fourth-order valence-corrected chi connectivity index (χ4v) is 4.23. The molecular formula is C13H21NO3. The van der Waals surface area contributed by atoms with Gasteiger partial charge in [-0.05, 0) is 38.6 Å². The molecule has 4 nitrogen and oxygen atoms in total. The first-order chi connectivity index (χ1) is 8.22. The molecule has 5 atom stereocenters. The monoisotopic (exact) mass is 239 g/mol. The van der Waals surface area contributed by atoms with Crippen LogP contribution in [0.5, 0.6) is 0 Å². The molecule has 2 aliphatic heterocycles. The topological polar surface area (TPSA) is 49.8 Å². The number of carbonyl (C=O) groups is 1. The molecule has 4 heteroatoms. The summed E-state index contributed by atoms with van der Waals surface area (Å²) < 4.78 is 4.83. The molecule has 0 aromatic rings. The second-order valence-corrected chi connectivity index (χ2v) is 5.70. The van der Waals surface area contributed by atoms with Crippen molar-refractivity contribution >= 4 is 5.97 Å². The van der Waals surface area contributed by atoms with Gasteiger partial charge in [0.1, 0.15) is 0 Å². The van der Waals surface area contributed by atoms with Gasteiger partial charge < -0.3 is 9.84 Å². The molecule has 0 aromatic carbocycles. The second kappa shape index (κ2) is 4.25. The van der Waals surface area contributed by atoms with Crippen molar-refractivity contribution in [3.05, 3.63) is 0 Å². The number of esters is 1. The highest BCUT2D eigenvalue weighted by Gasteiger charge is 2.52. The number of nitrogens with zero attached hydrogens (tertiary/aromatic N) is 1. The van der Waals surface area contributed by atoms with Crippen LogP contribution in [0.2, 0.25) is 0 Å². The van der Waals surface area contributed by atoms with E-state index in [0.29, 0.717) is 12.1 Å². The number of ether oxygens (including phenoxy) is 1. The Morgan fingerprint density at radius 3 is 2.88 bits per heavy atom. The summed E-state index contributed by atoms with van der Waals surface area (Å²) in [5, 5.41) is 10.4. The van der Waals surface area contributed by atoms with E-state index in [1.165, 1.54) is 13.5 Å². The van der Waals surface area contributed by atoms with E-state index in [1.54, 1.807) is 0 Å². The third-order valence-corrected chi connectivity index (χ3v) is 5.00. The fraction of sp³-hybridized carbons (Fsp3) is 0.923. The second-order valence-electron chi connectivity index (χ2n) is 5.70. The molecule has 0 amide bonds. The summed E-state index contributed by atoms with van der Waals surface area (Å²) in [7, 11) is 1.46. The highest BCUT2D eigenvalue weighted by Crippen LogP contribution is 2.45. The molecule has 3 fully saturated rings. The van der Waals surface area contributed by atoms with Crippen LogP contribution in [0.4, 0.5) is 0 Å². The van der Waals surface area contributed by atoms with Crippen molar-refractivity contribution in [2.24, 2.45) is 11.8 Å². The Morgan fingerprint density at radius 1 is 1.29 bits per heavy atom. The highest BCUT2D eigenvalue weighted by molar-refractivity contribution is 5.72. The maximum absolute atomic E-state index is 11.6. The van der Waals surface area contributed by atoms with Crippen molar-refractivity contribution in [1.82, 2.24) is 4.90 Å². The standard InChI is InChI=1S/C13H21NO3/c1-17-13(16)8-4-5-10-9(7-8)12(15)11-3-2-6-14(10)11/h8-12,15H,2-7H2,1H3/t8-,9+,10+,11-,12+/m0/s1. The number of rotatable bonds is 1. The minimum atomic E-state index is -0.227. The molecule has 1 N–H and O–H groups in total. The van der Waals surface area contributed by atoms with Crippen LogP contribution in [0.3, 0.4) is 0 Å². The van der Waals surface area contributed by atoms with E-state index < -0.39 is 0 Å². The number of hydrogen-bond acceptors (Lipinski definition) is 4. The lowest BCUT2D eigenvalue weighted by atomic mass is 9.76. The van der Waals surface area contributed by atoms with Crippen LogP contribution in [0.15, 0.2) is 0 Å². The molecule has 0 unspecified atom stereocenters. The van der Waals surface area contributed by atoms with Gasteiger partial charge in [-0.15, -0.1) is 0 Å². The van der Waals surface area contributed by atoms with E-state index in [4.69, 9.17) is 4.74 Å². The summed E-state index contributed by atoms with van der Waals surface area (Å²) in [5.74, 6) is 0.205. The number of fused-ring (bicyclic) bond motifs is 3. The molecule has 0 spiro atoms. The van der Waals surface area contributed by atoms with Gasteiger partial charge in [0.2, 0.25) is 0 Å². The van der Waals surface area contributed by atoms with Crippen LogP contribution in [0.25, 0.3) is 0 Å². The van der Waals surface area contributed by atoms with Crippen molar-refractivity contribution in [2.75, 3.05) is 13.7 Å². The molecular weight excluding hydrogens is 218 g/mol. The van der Waals surface area contributed by atoms with Crippen molar-refractivity contribution in [1.29, 1.82) is 0 Å². The molecule has 0 bridgehead atoms. The normalized spacial score (nSPS) is 45.4. The Bertz CT molecular complexity index is 320. The minimum Gasteiger partial charge on any atom is -0.469 e. The SMILES string of the molecule is COC(=O)[C@H]1CC[C@@H]2[C@@H](C1)[C@@H](O)[C@@H]1CCCN21. The summed E-state index contributed by atoms with van der Waals surface area (Å²) in [6.07, 6.45) is 4.88. The largest absolute Gasteiger partial charge is 0.469 e. The Morgan fingerprint density at radius 2 is 2.12 bits per heavy atom. The van der Waals surface area contributed by atoms with Crippen LogP contribution in [0, 0.1) is 11.8 Å². The number of carbonyl (C=O) groups excluding carboxylic acids is 1. The maximum Gasteiger partial charge on any atom is 0.308 e. The van der Waals surface area contributed by atoms with Gasteiger partial charge in [-0.2, -0.15) is 0 Å². The van der Waals surface area contributed by atoms with Gasteiger partial charge in [0.25, 0.3) is 0 Å². The Kier molecular flexibility index (Phi) is 2.87. The first-order valence-electron chi connectivity index (χ1n) is 6.74. The number of methoxy groups -OCH3 is 1. The first-order valence-corrected chi connectivity index (χ1v) is 6.74. The van der Waals surface area contributed by atoms with Crippen molar-refractivity contribution in [2.45, 2.75) is 50.3 Å². The summed E-state index contributed by atoms with van der Waals surface area (Å²) in [6, 6.07) is 0.875. The summed E-state index contributed by atoms with van der Waals surface area (Å²) in [5.41, 5.74) is 0. The molecule has 1 saturated carbocycles. The lowest BCUT2D eigenvalue weighted by molar-refractivity contribution is -0.147. The maximum atomic E-state index is 11.6. The van der Waals surface area contributed by atoms with Crippen LogP contribution in [-0.2, 0) is 9.53 Å². The van der Waals surface area contributed by atoms with E-state index in [-0.39, 0.29) is 23.9 Å². The Labute approximate surface area is 102 Å². The third-order valence-electron chi connectivity index (χ3n) is 5.00. The molecule has 0 aromatic heterocycles. The van der Waals surface area contributed by atoms with Crippen LogP contribution in [-0.4, -0.2) is 47.8 Å². The van der Waals surface area contributed by atoms with E-state index >= 15 is 0 Å². The van der Waals surface area contributed by atoms with E-state index in [1.807, 2.05) is 0 Å². The fourth-order valence-electron chi connectivity index (χ4n) is 4.23. The molecule has 0 radical (unpaired) electrons. The van der Waals surface area contributed by atoms with Crippen LogP contribution >= 0.6 is 0 Å². The molecule has 1 aliphatic carbocycles. The van der Waals surface area contributed by atoms with E-state index in [2.05, 4.69) is 4.90 Å². The van der Waals surface area contributed by atoms with Gasteiger partial charge in [0.05, 0.1) is 19.1 Å². The predicted octanol–water partition coefficient (Wildman–Crippen LogP) is 0.783. The molecule has 2 saturated heterocycles. The van der Waals surface area contributed by atoms with Crippen LogP contribution in [0.1, 0.15) is 32.1 Å². The van der Waals surface area contributed by atoms with Gasteiger partial charge >= 0.3 is 5.97 Å². The lowest BCUT2D eigenvalue weighted by Gasteiger charge is -2.34. The summed E-state index contributed by atoms with van der Waals surface area (Å²) >= 11 is 0. The zero-order chi connectivity index (χ0) is 12.0. The molecule has 96 valence electrons. The molecule has 2 heterocycles. The van der Waals surface area contributed by atoms with Crippen LogP contribution < -0.4 is 0 Å². The number of hydrogen-bond donors (Lipinski definition) is 1. The average molecular weight is 239 g/mol. The molecule has 17 heavy (non-hydrogen) atoms. The summed E-state index contributed by atoms with van der Waals surface area (Å²) in [4.78, 5) is 14.1. The summed E-state index contributed by atoms with van der Waals surface area (Å²) in [6.45, 7) is 1.13. The van der Waals surface area contributed by atoms with Gasteiger partial charge in [0.15, 0.2) is 0 Å². The Balaban J connectivity index is 1.73. The van der Waals surface area contributed by atoms with Crippen molar-refractivity contribution < 1.29 is 14.6 Å². The minimum absolute atomic E-state index is 0.0101. The van der Waals surface area contributed by atoms with Gasteiger partial charge in [-0.25, -0.2) is 0 Å². The van der Waals surface area contributed by atoms with Crippen molar-refractivity contribution in [3.63, 3.8) is 0 Å². The smallest absolute Gasteiger partial charge is 0.308 e. The van der Waals surface area contributed by atoms with E-state index in [0.717, 1.165) is 32.2 Å². The first kappa shape index (κ1) is 11.5. The zero-order valence-electron chi connectivity index (χ0n) is 10.3. The van der Waals surface area contributed by atoms with E-state index in [9.17, 15) is 9.90 Å². The third kappa shape index (κ3) is 1.69. The number of aliphatic hydroxyl groups excluding tert-OH is 1. The predicted molar refractivity (Wildman–Crippen MR) is 62.4 cm³/mol. The molecule has 3 rings (SSSR count). The average Bonchev–Trinajstić information content (AvgIpc) is 2.92. The van der Waals surface area contributed by atoms with Gasteiger partial charge in [-0.3, -0.25) is 9.69 Å². The lowest BCUT2D eigenvalue weighted by Crippen LogP contribution is -2.39. The van der Waals surface area contributed by atoms with Crippen molar-refractivity contribution in [3.8, 4) is 0 Å². The van der Waals surface area contributed by atoms with Gasteiger partial charge in [0, 0.05) is 18.0 Å². The van der Waals surface area contributed by atoms with Gasteiger partial charge in [-0.1, -0.05) is 0 Å². The zero-order valence-corrected chi connectivity index (χ0v) is 10.3. The Hall–Kier alpha value is -0.610. The quantitative estimate of drug-likeness (QED) is 0.687. The number of aliphatic hydroxyl groups is 1.